The summed E-state index contributed by atoms with van der Waals surface area (Å²) in [4.78, 5) is 37.3. The number of H-pyrrole nitrogens is 1. The zero-order valence-corrected chi connectivity index (χ0v) is 22.4. The van der Waals surface area contributed by atoms with E-state index in [-0.39, 0.29) is 5.56 Å². The van der Waals surface area contributed by atoms with E-state index in [0.29, 0.717) is 24.6 Å². The van der Waals surface area contributed by atoms with E-state index in [1.807, 2.05) is 80.7 Å². The van der Waals surface area contributed by atoms with Gasteiger partial charge < -0.3 is 0 Å². The quantitative estimate of drug-likeness (QED) is 0.284. The minimum Gasteiger partial charge on any atom is -0.296 e. The predicted molar refractivity (Wildman–Crippen MR) is 151 cm³/mol. The Kier molecular flexibility index (Phi) is 7.63. The number of aromatic amines is 1. The number of hydrogen-bond acceptors (Lipinski definition) is 6. The maximum atomic E-state index is 13.8. The third-order valence-corrected chi connectivity index (χ3v) is 6.87. The van der Waals surface area contributed by atoms with E-state index in [2.05, 4.69) is 22.0 Å². The molecule has 0 unspecified atom stereocenters. The second kappa shape index (κ2) is 11.4. The van der Waals surface area contributed by atoms with Gasteiger partial charge in [0.25, 0.3) is 5.56 Å². The number of benzene rings is 2. The van der Waals surface area contributed by atoms with Crippen molar-refractivity contribution in [2.24, 2.45) is 0 Å². The molecule has 3 aromatic heterocycles. The van der Waals surface area contributed by atoms with E-state index in [4.69, 9.17) is 9.51 Å². The summed E-state index contributed by atoms with van der Waals surface area (Å²) >= 11 is 0. The normalized spacial score (nSPS) is 11.2. The molecule has 0 aliphatic carbocycles. The Hall–Kier alpha value is -4.59. The highest BCUT2D eigenvalue weighted by atomic mass is 16.5. The third kappa shape index (κ3) is 5.80. The van der Waals surface area contributed by atoms with Crippen molar-refractivity contribution in [1.82, 2.24) is 24.7 Å². The molecule has 0 amide bonds. The zero-order valence-electron chi connectivity index (χ0n) is 22.4. The summed E-state index contributed by atoms with van der Waals surface area (Å²) in [7, 11) is 0. The average Bonchev–Trinajstić information content (AvgIpc) is 3.39. The summed E-state index contributed by atoms with van der Waals surface area (Å²) in [5.74, 6) is 0.495. The number of nitrogens with zero attached hydrogens (tertiary/aromatic N) is 4. The number of unbranched alkanes of at least 4 members (excludes halogenated alkanes) is 1. The molecular formula is C31H31N5O3. The van der Waals surface area contributed by atoms with E-state index < -0.39 is 5.76 Å². The molecule has 0 saturated carbocycles. The van der Waals surface area contributed by atoms with E-state index in [0.717, 1.165) is 64.0 Å². The van der Waals surface area contributed by atoms with Crippen LogP contribution in [0.2, 0.25) is 0 Å². The number of nitrogens with one attached hydrogen (secondary N) is 1. The van der Waals surface area contributed by atoms with E-state index in [9.17, 15) is 9.59 Å². The van der Waals surface area contributed by atoms with Gasteiger partial charge in [0.1, 0.15) is 5.82 Å². The second-order valence-electron chi connectivity index (χ2n) is 9.77. The molecule has 39 heavy (non-hydrogen) atoms. The standard InChI is InChI=1S/C31H31N5O3/c1-4-5-10-28-27(30(37)36(21(3)33-28)19-24-16-11-20(2)18-32-24)17-22-12-14-23(15-13-22)25-8-6-7-9-26(25)29-34-31(38)39-35-29/h6-9,11-16,18H,4-5,10,17,19H2,1-3H3,(H,34,35,38). The molecule has 5 aromatic rings. The number of rotatable bonds is 9. The van der Waals surface area contributed by atoms with Crippen LogP contribution < -0.4 is 11.3 Å². The molecule has 0 atom stereocenters. The first kappa shape index (κ1) is 26.0. The number of aromatic nitrogens is 5. The van der Waals surface area contributed by atoms with Gasteiger partial charge >= 0.3 is 5.76 Å². The summed E-state index contributed by atoms with van der Waals surface area (Å²) in [5, 5.41) is 3.85. The highest BCUT2D eigenvalue weighted by Gasteiger charge is 2.17. The van der Waals surface area contributed by atoms with Gasteiger partial charge in [0.15, 0.2) is 5.82 Å². The van der Waals surface area contributed by atoms with Crippen molar-refractivity contribution in [2.75, 3.05) is 0 Å². The van der Waals surface area contributed by atoms with Gasteiger partial charge in [-0.05, 0) is 55.0 Å². The van der Waals surface area contributed by atoms with Crippen LogP contribution in [-0.4, -0.2) is 24.7 Å². The van der Waals surface area contributed by atoms with Gasteiger partial charge in [-0.25, -0.2) is 9.78 Å². The van der Waals surface area contributed by atoms with Gasteiger partial charge in [0.05, 0.1) is 17.9 Å². The Morgan fingerprint density at radius 3 is 2.38 bits per heavy atom. The monoisotopic (exact) mass is 521 g/mol. The lowest BCUT2D eigenvalue weighted by Crippen LogP contribution is -2.30. The fourth-order valence-electron chi connectivity index (χ4n) is 4.72. The molecule has 0 fully saturated rings. The smallest absolute Gasteiger partial charge is 0.296 e. The molecule has 5 rings (SSSR count). The first-order valence-corrected chi connectivity index (χ1v) is 13.2. The molecule has 0 radical (unpaired) electrons. The maximum absolute atomic E-state index is 13.8. The third-order valence-electron chi connectivity index (χ3n) is 6.87. The van der Waals surface area contributed by atoms with Crippen molar-refractivity contribution < 1.29 is 4.52 Å². The van der Waals surface area contributed by atoms with Crippen molar-refractivity contribution in [3.05, 3.63) is 122 Å². The van der Waals surface area contributed by atoms with Crippen molar-refractivity contribution in [2.45, 2.75) is 53.0 Å². The molecule has 0 bridgehead atoms. The summed E-state index contributed by atoms with van der Waals surface area (Å²) in [5.41, 5.74) is 7.18. The molecular weight excluding hydrogens is 490 g/mol. The van der Waals surface area contributed by atoms with Crippen molar-refractivity contribution in [3.63, 3.8) is 0 Å². The summed E-state index contributed by atoms with van der Waals surface area (Å²) in [6.07, 6.45) is 5.08. The molecule has 1 N–H and O–H groups in total. The summed E-state index contributed by atoms with van der Waals surface area (Å²) < 4.78 is 6.43. The van der Waals surface area contributed by atoms with Crippen LogP contribution in [0.3, 0.4) is 0 Å². The van der Waals surface area contributed by atoms with E-state index >= 15 is 0 Å². The van der Waals surface area contributed by atoms with Crippen molar-refractivity contribution >= 4 is 0 Å². The fraction of sp³-hybridized carbons (Fsp3) is 0.258. The van der Waals surface area contributed by atoms with Gasteiger partial charge in [0.2, 0.25) is 0 Å². The highest BCUT2D eigenvalue weighted by Crippen LogP contribution is 2.30. The van der Waals surface area contributed by atoms with Gasteiger partial charge in [-0.2, -0.15) is 0 Å². The van der Waals surface area contributed by atoms with Gasteiger partial charge in [-0.3, -0.25) is 23.9 Å². The SMILES string of the molecule is CCCCc1nc(C)n(Cc2ccc(C)cn2)c(=O)c1Cc1ccc(-c2ccccc2-c2noc(=O)[nH]2)cc1. The predicted octanol–water partition coefficient (Wildman–Crippen LogP) is 5.25. The molecule has 3 heterocycles. The van der Waals surface area contributed by atoms with Crippen LogP contribution in [0.5, 0.6) is 0 Å². The molecule has 8 nitrogen and oxygen atoms in total. The van der Waals surface area contributed by atoms with Crippen LogP contribution >= 0.6 is 0 Å². The first-order valence-electron chi connectivity index (χ1n) is 13.2. The van der Waals surface area contributed by atoms with Crippen LogP contribution in [0.1, 0.15) is 53.7 Å². The molecule has 2 aromatic carbocycles. The highest BCUT2D eigenvalue weighted by molar-refractivity contribution is 5.80. The topological polar surface area (TPSA) is 107 Å². The minimum atomic E-state index is -0.593. The van der Waals surface area contributed by atoms with E-state index in [1.165, 1.54) is 0 Å². The Balaban J connectivity index is 1.47. The number of hydrogen-bond donors (Lipinski definition) is 1. The Morgan fingerprint density at radius 2 is 1.72 bits per heavy atom. The number of pyridine rings is 1. The van der Waals surface area contributed by atoms with Crippen LogP contribution in [0.4, 0.5) is 0 Å². The minimum absolute atomic E-state index is 0.0135. The zero-order chi connectivity index (χ0) is 27.4. The van der Waals surface area contributed by atoms with Crippen molar-refractivity contribution in [1.29, 1.82) is 0 Å². The van der Waals surface area contributed by atoms with Crippen molar-refractivity contribution in [3.8, 4) is 22.5 Å². The molecule has 0 saturated heterocycles. The van der Waals surface area contributed by atoms with Crippen LogP contribution in [0, 0.1) is 13.8 Å². The van der Waals surface area contributed by atoms with Crippen LogP contribution in [0.15, 0.2) is 81.0 Å². The molecule has 198 valence electrons. The maximum Gasteiger partial charge on any atom is 0.439 e. The molecule has 8 heteroatoms. The summed E-state index contributed by atoms with van der Waals surface area (Å²) in [6.45, 7) is 6.42. The number of aryl methyl sites for hydroxylation is 3. The second-order valence-corrected chi connectivity index (χ2v) is 9.77. The lowest BCUT2D eigenvalue weighted by molar-refractivity contribution is 0.388. The Morgan fingerprint density at radius 1 is 0.949 bits per heavy atom. The average molecular weight is 522 g/mol. The first-order chi connectivity index (χ1) is 18.9. The van der Waals surface area contributed by atoms with E-state index in [1.54, 1.807) is 4.57 Å². The Labute approximate surface area is 226 Å². The van der Waals surface area contributed by atoms with Crippen LogP contribution in [0.25, 0.3) is 22.5 Å². The molecule has 0 aliphatic heterocycles. The van der Waals surface area contributed by atoms with Gasteiger partial charge in [-0.15, -0.1) is 0 Å². The Bertz CT molecular complexity index is 1700. The molecule has 0 spiro atoms. The summed E-state index contributed by atoms with van der Waals surface area (Å²) in [6, 6.07) is 19.8. The lowest BCUT2D eigenvalue weighted by atomic mass is 9.96. The van der Waals surface area contributed by atoms with Gasteiger partial charge in [0, 0.05) is 23.7 Å². The van der Waals surface area contributed by atoms with Crippen LogP contribution in [-0.2, 0) is 19.4 Å². The fourth-order valence-corrected chi connectivity index (χ4v) is 4.72. The lowest BCUT2D eigenvalue weighted by Gasteiger charge is -2.16. The molecule has 0 aliphatic rings. The van der Waals surface area contributed by atoms with Gasteiger partial charge in [-0.1, -0.05) is 73.1 Å². The largest absolute Gasteiger partial charge is 0.439 e.